The molecule has 0 radical (unpaired) electrons. The maximum Gasteiger partial charge on any atom is 0.130 e. The molecule has 88 valence electrons. The number of aliphatic hydroxyl groups is 1. The molecule has 2 aromatic rings. The van der Waals surface area contributed by atoms with Crippen molar-refractivity contribution >= 4 is 11.8 Å². The fourth-order valence-electron chi connectivity index (χ4n) is 1.53. The van der Waals surface area contributed by atoms with E-state index in [0.717, 1.165) is 5.03 Å². The molecule has 1 N–H and O–H groups in total. The third kappa shape index (κ3) is 2.84. The van der Waals surface area contributed by atoms with Crippen LogP contribution in [0.25, 0.3) is 0 Å². The highest BCUT2D eigenvalue weighted by Gasteiger charge is 2.14. The van der Waals surface area contributed by atoms with Crippen LogP contribution in [0.3, 0.4) is 0 Å². The predicted octanol–water partition coefficient (Wildman–Crippen LogP) is 3.43. The highest BCUT2D eigenvalue weighted by atomic mass is 32.2. The number of hydrogen-bond acceptors (Lipinski definition) is 3. The van der Waals surface area contributed by atoms with Crippen LogP contribution >= 0.6 is 11.8 Å². The van der Waals surface area contributed by atoms with E-state index >= 15 is 0 Å². The van der Waals surface area contributed by atoms with Gasteiger partial charge < -0.3 is 5.11 Å². The van der Waals surface area contributed by atoms with Gasteiger partial charge in [0.05, 0.1) is 6.10 Å². The fourth-order valence-corrected chi connectivity index (χ4v) is 2.54. The second-order valence-electron chi connectivity index (χ2n) is 3.60. The number of aromatic nitrogens is 1. The van der Waals surface area contributed by atoms with Gasteiger partial charge in [-0.15, -0.1) is 0 Å². The number of nitrogens with zero attached hydrogens (tertiary/aromatic N) is 1. The Morgan fingerprint density at radius 3 is 2.71 bits per heavy atom. The van der Waals surface area contributed by atoms with Gasteiger partial charge in [0.1, 0.15) is 10.8 Å². The lowest BCUT2D eigenvalue weighted by Gasteiger charge is -2.11. The minimum atomic E-state index is -0.831. The largest absolute Gasteiger partial charge is 0.389 e. The topological polar surface area (TPSA) is 33.1 Å². The van der Waals surface area contributed by atoms with Crippen molar-refractivity contribution < 1.29 is 9.50 Å². The Morgan fingerprint density at radius 1 is 1.24 bits per heavy atom. The van der Waals surface area contributed by atoms with E-state index in [2.05, 4.69) is 4.98 Å². The van der Waals surface area contributed by atoms with Crippen molar-refractivity contribution in [2.24, 2.45) is 0 Å². The summed E-state index contributed by atoms with van der Waals surface area (Å²) in [4.78, 5) is 4.86. The summed E-state index contributed by atoms with van der Waals surface area (Å²) in [5.41, 5.74) is 0.322. The first-order valence-electron chi connectivity index (χ1n) is 5.24. The number of hydrogen-bond donors (Lipinski definition) is 1. The number of halogens is 1. The van der Waals surface area contributed by atoms with Crippen LogP contribution in [0.15, 0.2) is 52.5 Å². The van der Waals surface area contributed by atoms with Gasteiger partial charge >= 0.3 is 0 Å². The van der Waals surface area contributed by atoms with E-state index in [1.54, 1.807) is 25.3 Å². The van der Waals surface area contributed by atoms with Gasteiger partial charge in [0, 0.05) is 16.7 Å². The smallest absolute Gasteiger partial charge is 0.130 e. The second kappa shape index (κ2) is 5.29. The Kier molecular flexibility index (Phi) is 3.76. The standard InChI is InChI=1S/C13H12FNOS/c1-9(16)13-10(14)5-4-6-11(13)17-12-7-2-3-8-15-12/h2-9,16H,1H3. The Labute approximate surface area is 104 Å². The maximum absolute atomic E-state index is 13.6. The van der Waals surface area contributed by atoms with E-state index in [9.17, 15) is 9.50 Å². The zero-order valence-electron chi connectivity index (χ0n) is 9.30. The monoisotopic (exact) mass is 249 g/mol. The van der Waals surface area contributed by atoms with Crippen LogP contribution in [0, 0.1) is 5.82 Å². The predicted molar refractivity (Wildman–Crippen MR) is 65.4 cm³/mol. The zero-order valence-corrected chi connectivity index (χ0v) is 10.1. The van der Waals surface area contributed by atoms with E-state index in [4.69, 9.17) is 0 Å². The molecule has 0 bridgehead atoms. The summed E-state index contributed by atoms with van der Waals surface area (Å²) in [6.07, 6.45) is 0.853. The maximum atomic E-state index is 13.6. The van der Waals surface area contributed by atoms with Crippen molar-refractivity contribution in [3.8, 4) is 0 Å². The molecule has 1 atom stereocenters. The van der Waals surface area contributed by atoms with Crippen LogP contribution < -0.4 is 0 Å². The molecule has 0 saturated carbocycles. The van der Waals surface area contributed by atoms with Crippen LogP contribution in [0.4, 0.5) is 4.39 Å². The van der Waals surface area contributed by atoms with Crippen LogP contribution in [0.5, 0.6) is 0 Å². The average molecular weight is 249 g/mol. The summed E-state index contributed by atoms with van der Waals surface area (Å²) in [7, 11) is 0. The summed E-state index contributed by atoms with van der Waals surface area (Å²) in [6.45, 7) is 1.56. The summed E-state index contributed by atoms with van der Waals surface area (Å²) < 4.78 is 13.6. The van der Waals surface area contributed by atoms with Gasteiger partial charge in [-0.25, -0.2) is 9.37 Å². The molecule has 1 aromatic carbocycles. The van der Waals surface area contributed by atoms with Crippen molar-refractivity contribution in [2.45, 2.75) is 22.9 Å². The van der Waals surface area contributed by atoms with Gasteiger partial charge in [0.15, 0.2) is 0 Å². The van der Waals surface area contributed by atoms with Crippen LogP contribution in [-0.2, 0) is 0 Å². The zero-order chi connectivity index (χ0) is 12.3. The van der Waals surface area contributed by atoms with Gasteiger partial charge in [-0.2, -0.15) is 0 Å². The number of aliphatic hydroxyl groups excluding tert-OH is 1. The molecular weight excluding hydrogens is 237 g/mol. The van der Waals surface area contributed by atoms with Gasteiger partial charge in [-0.3, -0.25) is 0 Å². The molecule has 0 aliphatic rings. The Balaban J connectivity index is 2.36. The molecule has 0 aliphatic heterocycles. The molecule has 4 heteroatoms. The lowest BCUT2D eigenvalue weighted by atomic mass is 10.1. The minimum absolute atomic E-state index is 0.322. The minimum Gasteiger partial charge on any atom is -0.389 e. The van der Waals surface area contributed by atoms with Crippen molar-refractivity contribution in [1.29, 1.82) is 0 Å². The lowest BCUT2D eigenvalue weighted by molar-refractivity contribution is 0.191. The lowest BCUT2D eigenvalue weighted by Crippen LogP contribution is -1.98. The average Bonchev–Trinajstić information content (AvgIpc) is 2.30. The Hall–Kier alpha value is -1.39. The van der Waals surface area contributed by atoms with E-state index in [-0.39, 0.29) is 5.82 Å². The van der Waals surface area contributed by atoms with Crippen LogP contribution in [-0.4, -0.2) is 10.1 Å². The summed E-state index contributed by atoms with van der Waals surface area (Å²) in [5.74, 6) is -0.388. The van der Waals surface area contributed by atoms with E-state index in [1.165, 1.54) is 17.8 Å². The number of pyridine rings is 1. The molecule has 2 nitrogen and oxygen atoms in total. The van der Waals surface area contributed by atoms with Crippen molar-refractivity contribution in [3.63, 3.8) is 0 Å². The molecule has 0 spiro atoms. The number of rotatable bonds is 3. The molecule has 0 amide bonds. The quantitative estimate of drug-likeness (QED) is 0.904. The molecule has 2 rings (SSSR count). The second-order valence-corrected chi connectivity index (χ2v) is 4.66. The third-order valence-electron chi connectivity index (χ3n) is 2.28. The SMILES string of the molecule is CC(O)c1c(F)cccc1Sc1ccccn1. The first-order valence-corrected chi connectivity index (χ1v) is 6.05. The molecule has 1 aromatic heterocycles. The first kappa shape index (κ1) is 12.1. The van der Waals surface area contributed by atoms with E-state index in [1.807, 2.05) is 18.2 Å². The van der Waals surface area contributed by atoms with Crippen LogP contribution in [0.2, 0.25) is 0 Å². The Morgan fingerprint density at radius 2 is 2.06 bits per heavy atom. The van der Waals surface area contributed by atoms with E-state index < -0.39 is 6.10 Å². The molecule has 0 aliphatic carbocycles. The van der Waals surface area contributed by atoms with Crippen molar-refractivity contribution in [3.05, 3.63) is 54.0 Å². The molecular formula is C13H12FNOS. The summed E-state index contributed by atoms with van der Waals surface area (Å²) in [6, 6.07) is 10.3. The number of benzene rings is 1. The molecule has 17 heavy (non-hydrogen) atoms. The van der Waals surface area contributed by atoms with Gasteiger partial charge in [-0.1, -0.05) is 23.9 Å². The fraction of sp³-hybridized carbons (Fsp3) is 0.154. The third-order valence-corrected chi connectivity index (χ3v) is 3.31. The van der Waals surface area contributed by atoms with Gasteiger partial charge in [0.2, 0.25) is 0 Å². The first-order chi connectivity index (χ1) is 8.18. The normalized spacial score (nSPS) is 12.4. The highest BCUT2D eigenvalue weighted by Crippen LogP contribution is 2.33. The molecule has 1 heterocycles. The van der Waals surface area contributed by atoms with Crippen molar-refractivity contribution in [2.75, 3.05) is 0 Å². The molecule has 0 fully saturated rings. The highest BCUT2D eigenvalue weighted by molar-refractivity contribution is 7.99. The van der Waals surface area contributed by atoms with Crippen LogP contribution in [0.1, 0.15) is 18.6 Å². The summed E-state index contributed by atoms with van der Waals surface area (Å²) >= 11 is 1.35. The Bertz CT molecular complexity index is 502. The van der Waals surface area contributed by atoms with Gasteiger partial charge in [0.25, 0.3) is 0 Å². The van der Waals surface area contributed by atoms with Gasteiger partial charge in [-0.05, 0) is 31.2 Å². The molecule has 1 unspecified atom stereocenters. The molecule has 0 saturated heterocycles. The van der Waals surface area contributed by atoms with Crippen molar-refractivity contribution in [1.82, 2.24) is 4.98 Å². The summed E-state index contributed by atoms with van der Waals surface area (Å²) in [5, 5.41) is 10.4. The van der Waals surface area contributed by atoms with E-state index in [0.29, 0.717) is 10.5 Å².